The second-order valence-corrected chi connectivity index (χ2v) is 6.29. The van der Waals surface area contributed by atoms with Gasteiger partial charge in [0.15, 0.2) is 0 Å². The quantitative estimate of drug-likeness (QED) is 0.850. The van der Waals surface area contributed by atoms with Crippen LogP contribution in [0.15, 0.2) is 18.2 Å². The zero-order chi connectivity index (χ0) is 17.7. The van der Waals surface area contributed by atoms with Crippen LogP contribution in [0.5, 0.6) is 5.75 Å². The van der Waals surface area contributed by atoms with Crippen LogP contribution in [0.25, 0.3) is 0 Å². The van der Waals surface area contributed by atoms with E-state index in [4.69, 9.17) is 4.74 Å². The number of nitrogens with zero attached hydrogens (tertiary/aromatic N) is 2. The number of aryl methyl sites for hydroxylation is 4. The van der Waals surface area contributed by atoms with Crippen LogP contribution < -0.4 is 10.1 Å². The maximum Gasteiger partial charge on any atom is 0.223 e. The van der Waals surface area contributed by atoms with E-state index in [0.717, 1.165) is 34.7 Å². The van der Waals surface area contributed by atoms with Crippen LogP contribution in [0.1, 0.15) is 34.5 Å². The molecule has 5 nitrogen and oxygen atoms in total. The molecule has 5 heteroatoms. The molecule has 0 spiro atoms. The highest BCUT2D eigenvalue weighted by Gasteiger charge is 2.09. The summed E-state index contributed by atoms with van der Waals surface area (Å²) in [5.74, 6) is 0.834. The molecular formula is C19H27N3O2. The van der Waals surface area contributed by atoms with Crippen molar-refractivity contribution in [2.45, 2.75) is 40.5 Å². The number of hydrogen-bond acceptors (Lipinski definition) is 3. The van der Waals surface area contributed by atoms with Crippen LogP contribution in [0, 0.1) is 27.7 Å². The summed E-state index contributed by atoms with van der Waals surface area (Å²) in [7, 11) is 1.94. The van der Waals surface area contributed by atoms with Gasteiger partial charge in [0.1, 0.15) is 5.75 Å². The number of aromatic nitrogens is 2. The van der Waals surface area contributed by atoms with E-state index < -0.39 is 0 Å². The highest BCUT2D eigenvalue weighted by atomic mass is 16.5. The van der Waals surface area contributed by atoms with Crippen molar-refractivity contribution >= 4 is 5.91 Å². The normalized spacial score (nSPS) is 10.7. The number of benzene rings is 1. The first-order valence-corrected chi connectivity index (χ1v) is 8.33. The summed E-state index contributed by atoms with van der Waals surface area (Å²) in [6, 6.07) is 6.07. The number of rotatable bonds is 7. The third kappa shape index (κ3) is 4.85. The van der Waals surface area contributed by atoms with Crippen LogP contribution in [-0.2, 0) is 18.3 Å². The van der Waals surface area contributed by atoms with E-state index in [2.05, 4.69) is 23.4 Å². The Morgan fingerprint density at radius 1 is 1.17 bits per heavy atom. The minimum Gasteiger partial charge on any atom is -0.493 e. The summed E-state index contributed by atoms with van der Waals surface area (Å²) in [4.78, 5) is 11.9. The first-order chi connectivity index (χ1) is 11.4. The minimum atomic E-state index is 0.0126. The SMILES string of the molecule is Cc1cc(C)cc(OCCC(=O)NCCc2c(C)nn(C)c2C)c1. The van der Waals surface area contributed by atoms with Crippen LogP contribution in [0.3, 0.4) is 0 Å². The van der Waals surface area contributed by atoms with Crippen molar-refractivity contribution in [1.82, 2.24) is 15.1 Å². The van der Waals surface area contributed by atoms with E-state index in [0.29, 0.717) is 19.6 Å². The predicted molar refractivity (Wildman–Crippen MR) is 95.4 cm³/mol. The van der Waals surface area contributed by atoms with Gasteiger partial charge in [-0.05, 0) is 62.9 Å². The molecule has 0 bridgehead atoms. The molecular weight excluding hydrogens is 302 g/mol. The Morgan fingerprint density at radius 3 is 2.42 bits per heavy atom. The second-order valence-electron chi connectivity index (χ2n) is 6.29. The van der Waals surface area contributed by atoms with Crippen LogP contribution in [0.4, 0.5) is 0 Å². The Bertz CT molecular complexity index is 699. The molecule has 0 unspecified atom stereocenters. The molecule has 1 aromatic heterocycles. The molecule has 1 amide bonds. The fourth-order valence-electron chi connectivity index (χ4n) is 2.87. The van der Waals surface area contributed by atoms with Crippen molar-refractivity contribution in [3.05, 3.63) is 46.3 Å². The molecule has 0 aliphatic carbocycles. The maximum atomic E-state index is 11.9. The average molecular weight is 329 g/mol. The zero-order valence-corrected chi connectivity index (χ0v) is 15.3. The monoisotopic (exact) mass is 329 g/mol. The molecule has 130 valence electrons. The van der Waals surface area contributed by atoms with Gasteiger partial charge in [0.05, 0.1) is 18.7 Å². The van der Waals surface area contributed by atoms with E-state index in [-0.39, 0.29) is 5.91 Å². The van der Waals surface area contributed by atoms with Gasteiger partial charge < -0.3 is 10.1 Å². The summed E-state index contributed by atoms with van der Waals surface area (Å²) in [5, 5.41) is 7.34. The van der Waals surface area contributed by atoms with Crippen LogP contribution in [0.2, 0.25) is 0 Å². The summed E-state index contributed by atoms with van der Waals surface area (Å²) >= 11 is 0. The smallest absolute Gasteiger partial charge is 0.223 e. The topological polar surface area (TPSA) is 56.1 Å². The fraction of sp³-hybridized carbons (Fsp3) is 0.474. The lowest BCUT2D eigenvalue weighted by molar-refractivity contribution is -0.121. The molecule has 1 heterocycles. The first-order valence-electron chi connectivity index (χ1n) is 8.33. The number of carbonyl (C=O) groups is 1. The first kappa shape index (κ1) is 18.0. The number of carbonyl (C=O) groups excluding carboxylic acids is 1. The number of hydrogen-bond donors (Lipinski definition) is 1. The van der Waals surface area contributed by atoms with Gasteiger partial charge in [-0.2, -0.15) is 5.10 Å². The molecule has 0 aliphatic heterocycles. The molecule has 0 fully saturated rings. The average Bonchev–Trinajstić information content (AvgIpc) is 2.72. The molecule has 0 radical (unpaired) electrons. The van der Waals surface area contributed by atoms with Gasteiger partial charge in [-0.3, -0.25) is 9.48 Å². The summed E-state index contributed by atoms with van der Waals surface area (Å²) in [6.07, 6.45) is 1.16. The zero-order valence-electron chi connectivity index (χ0n) is 15.3. The van der Waals surface area contributed by atoms with Gasteiger partial charge in [0, 0.05) is 19.3 Å². The van der Waals surface area contributed by atoms with Gasteiger partial charge in [-0.15, -0.1) is 0 Å². The van der Waals surface area contributed by atoms with E-state index >= 15 is 0 Å². The number of amides is 1. The maximum absolute atomic E-state index is 11.9. The molecule has 1 aromatic carbocycles. The Morgan fingerprint density at radius 2 is 1.83 bits per heavy atom. The summed E-state index contributed by atoms with van der Waals surface area (Å²) in [5.41, 5.74) is 5.72. The molecule has 24 heavy (non-hydrogen) atoms. The van der Waals surface area contributed by atoms with Gasteiger partial charge in [-0.1, -0.05) is 6.07 Å². The van der Waals surface area contributed by atoms with Crippen LogP contribution >= 0.6 is 0 Å². The van der Waals surface area contributed by atoms with E-state index in [1.54, 1.807) is 0 Å². The molecule has 0 atom stereocenters. The number of nitrogens with one attached hydrogen (secondary N) is 1. The Kier molecular flexibility index (Phi) is 6.01. The van der Waals surface area contributed by atoms with Crippen molar-refractivity contribution in [3.63, 3.8) is 0 Å². The standard InChI is InChI=1S/C19H27N3O2/c1-13-10-14(2)12-17(11-13)24-9-7-19(23)20-8-6-18-15(3)21-22(5)16(18)4/h10-12H,6-9H2,1-5H3,(H,20,23). The van der Waals surface area contributed by atoms with Gasteiger partial charge in [0.2, 0.25) is 5.91 Å². The molecule has 0 saturated carbocycles. The highest BCUT2D eigenvalue weighted by molar-refractivity contribution is 5.76. The van der Waals surface area contributed by atoms with Gasteiger partial charge in [0.25, 0.3) is 0 Å². The minimum absolute atomic E-state index is 0.0126. The van der Waals surface area contributed by atoms with E-state index in [1.807, 2.05) is 44.6 Å². The van der Waals surface area contributed by atoms with E-state index in [1.165, 1.54) is 5.56 Å². The van der Waals surface area contributed by atoms with Crippen molar-refractivity contribution in [3.8, 4) is 5.75 Å². The molecule has 0 saturated heterocycles. The van der Waals surface area contributed by atoms with Gasteiger partial charge >= 0.3 is 0 Å². The highest BCUT2D eigenvalue weighted by Crippen LogP contribution is 2.16. The Balaban J connectivity index is 1.72. The second kappa shape index (κ2) is 7.99. The Hall–Kier alpha value is -2.30. The Labute approximate surface area is 144 Å². The molecule has 2 aromatic rings. The fourth-order valence-corrected chi connectivity index (χ4v) is 2.87. The lowest BCUT2D eigenvalue weighted by atomic mass is 10.1. The predicted octanol–water partition coefficient (Wildman–Crippen LogP) is 2.78. The number of ether oxygens (including phenoxy) is 1. The van der Waals surface area contributed by atoms with Crippen LogP contribution in [-0.4, -0.2) is 28.8 Å². The van der Waals surface area contributed by atoms with Crippen molar-refractivity contribution in [2.24, 2.45) is 7.05 Å². The lowest BCUT2D eigenvalue weighted by Gasteiger charge is -2.09. The van der Waals surface area contributed by atoms with Crippen molar-refractivity contribution in [2.75, 3.05) is 13.2 Å². The molecule has 0 aliphatic rings. The lowest BCUT2D eigenvalue weighted by Crippen LogP contribution is -2.27. The van der Waals surface area contributed by atoms with Gasteiger partial charge in [-0.25, -0.2) is 0 Å². The van der Waals surface area contributed by atoms with Crippen molar-refractivity contribution in [1.29, 1.82) is 0 Å². The summed E-state index contributed by atoms with van der Waals surface area (Å²) < 4.78 is 7.55. The largest absolute Gasteiger partial charge is 0.493 e. The summed E-state index contributed by atoms with van der Waals surface area (Å²) in [6.45, 7) is 9.13. The molecule has 1 N–H and O–H groups in total. The van der Waals surface area contributed by atoms with Crippen molar-refractivity contribution < 1.29 is 9.53 Å². The van der Waals surface area contributed by atoms with E-state index in [9.17, 15) is 4.79 Å². The third-order valence-corrected chi connectivity index (χ3v) is 4.15. The molecule has 2 rings (SSSR count). The third-order valence-electron chi connectivity index (χ3n) is 4.15.